The first-order valence-electron chi connectivity index (χ1n) is 3.59. The van der Waals surface area contributed by atoms with Gasteiger partial charge in [0.1, 0.15) is 0 Å². The van der Waals surface area contributed by atoms with Crippen molar-refractivity contribution in [3.63, 3.8) is 0 Å². The zero-order chi connectivity index (χ0) is 8.10. The Bertz CT molecular complexity index is 251. The van der Waals surface area contributed by atoms with Crippen LogP contribution < -0.4 is 0 Å². The minimum atomic E-state index is 1.20. The Kier molecular flexibility index (Phi) is 2.73. The molecule has 0 N–H and O–H groups in total. The Morgan fingerprint density at radius 3 is 2.64 bits per heavy atom. The molecule has 1 aromatic carbocycles. The molecule has 1 rings (SSSR count). The van der Waals surface area contributed by atoms with E-state index in [-0.39, 0.29) is 0 Å². The number of methoxy groups -OCH3 is 1. The standard InChI is InChI=1S/C10H12O/c1-9-5-3-4-6-10(9)7-8-11-2/h3-8H,1-2H3. The lowest BCUT2D eigenvalue weighted by Gasteiger charge is -1.97. The third kappa shape index (κ3) is 2.11. The van der Waals surface area contributed by atoms with Gasteiger partial charge in [0.05, 0.1) is 13.4 Å². The molecule has 0 aliphatic carbocycles. The molecule has 0 saturated carbocycles. The van der Waals surface area contributed by atoms with E-state index in [4.69, 9.17) is 4.74 Å². The van der Waals surface area contributed by atoms with E-state index in [0.717, 1.165) is 0 Å². The lowest BCUT2D eigenvalue weighted by Crippen LogP contribution is -1.77. The van der Waals surface area contributed by atoms with Crippen molar-refractivity contribution in [1.82, 2.24) is 0 Å². The first-order chi connectivity index (χ1) is 5.34. The van der Waals surface area contributed by atoms with Crippen LogP contribution in [-0.2, 0) is 4.74 Å². The SMILES string of the molecule is COC=Cc1ccccc1C. The van der Waals surface area contributed by atoms with E-state index in [9.17, 15) is 0 Å². The van der Waals surface area contributed by atoms with Crippen LogP contribution >= 0.6 is 0 Å². The molecule has 0 bridgehead atoms. The number of aryl methyl sites for hydroxylation is 1. The maximum Gasteiger partial charge on any atom is 0.0830 e. The second kappa shape index (κ2) is 3.81. The summed E-state index contributed by atoms with van der Waals surface area (Å²) in [6, 6.07) is 8.18. The normalized spacial score (nSPS) is 10.4. The number of benzene rings is 1. The molecule has 11 heavy (non-hydrogen) atoms. The molecule has 1 heteroatoms. The molecule has 1 nitrogen and oxygen atoms in total. The van der Waals surface area contributed by atoms with Crippen LogP contribution in [0.3, 0.4) is 0 Å². The average molecular weight is 148 g/mol. The van der Waals surface area contributed by atoms with Crippen LogP contribution in [0, 0.1) is 6.92 Å². The summed E-state index contributed by atoms with van der Waals surface area (Å²) in [6.07, 6.45) is 3.64. The number of hydrogen-bond donors (Lipinski definition) is 0. The first kappa shape index (κ1) is 7.86. The van der Waals surface area contributed by atoms with Crippen LogP contribution in [0.25, 0.3) is 6.08 Å². The van der Waals surface area contributed by atoms with Crippen molar-refractivity contribution in [1.29, 1.82) is 0 Å². The van der Waals surface area contributed by atoms with Gasteiger partial charge in [-0.05, 0) is 24.1 Å². The monoisotopic (exact) mass is 148 g/mol. The number of hydrogen-bond acceptors (Lipinski definition) is 1. The Labute approximate surface area is 67.3 Å². The van der Waals surface area contributed by atoms with Crippen molar-refractivity contribution in [2.45, 2.75) is 6.92 Å². The molecule has 0 aliphatic heterocycles. The summed E-state index contributed by atoms with van der Waals surface area (Å²) in [5.74, 6) is 0. The third-order valence-corrected chi connectivity index (χ3v) is 1.57. The fourth-order valence-corrected chi connectivity index (χ4v) is 0.915. The molecule has 0 atom stereocenters. The summed E-state index contributed by atoms with van der Waals surface area (Å²) in [7, 11) is 1.65. The molecule has 1 aromatic rings. The van der Waals surface area contributed by atoms with Gasteiger partial charge in [-0.3, -0.25) is 0 Å². The molecule has 0 spiro atoms. The summed E-state index contributed by atoms with van der Waals surface area (Å²) >= 11 is 0. The zero-order valence-corrected chi connectivity index (χ0v) is 6.87. The highest BCUT2D eigenvalue weighted by molar-refractivity contribution is 5.52. The van der Waals surface area contributed by atoms with Gasteiger partial charge in [-0.15, -0.1) is 0 Å². The van der Waals surface area contributed by atoms with E-state index >= 15 is 0 Å². The fourth-order valence-electron chi connectivity index (χ4n) is 0.915. The van der Waals surface area contributed by atoms with Crippen molar-refractivity contribution in [3.8, 4) is 0 Å². The van der Waals surface area contributed by atoms with Gasteiger partial charge >= 0.3 is 0 Å². The lowest BCUT2D eigenvalue weighted by molar-refractivity contribution is 0.341. The highest BCUT2D eigenvalue weighted by Crippen LogP contribution is 2.08. The summed E-state index contributed by atoms with van der Waals surface area (Å²) in [5, 5.41) is 0. The maximum atomic E-state index is 4.82. The van der Waals surface area contributed by atoms with Crippen molar-refractivity contribution < 1.29 is 4.74 Å². The van der Waals surface area contributed by atoms with E-state index in [1.807, 2.05) is 18.2 Å². The van der Waals surface area contributed by atoms with Crippen LogP contribution in [-0.4, -0.2) is 7.11 Å². The predicted molar refractivity (Wildman–Crippen MR) is 47.2 cm³/mol. The summed E-state index contributed by atoms with van der Waals surface area (Å²) in [5.41, 5.74) is 2.47. The van der Waals surface area contributed by atoms with Gasteiger partial charge in [0, 0.05) is 0 Å². The Morgan fingerprint density at radius 1 is 1.27 bits per heavy atom. The minimum absolute atomic E-state index is 1.20. The fraction of sp³-hybridized carbons (Fsp3) is 0.200. The van der Waals surface area contributed by atoms with Gasteiger partial charge in [0.2, 0.25) is 0 Å². The topological polar surface area (TPSA) is 9.23 Å². The maximum absolute atomic E-state index is 4.82. The second-order valence-electron chi connectivity index (χ2n) is 2.40. The molecule has 0 aliphatic rings. The molecule has 0 fully saturated rings. The van der Waals surface area contributed by atoms with Gasteiger partial charge in [-0.1, -0.05) is 24.3 Å². The largest absolute Gasteiger partial charge is 0.504 e. The highest BCUT2D eigenvalue weighted by atomic mass is 16.5. The molecular formula is C10H12O. The van der Waals surface area contributed by atoms with Crippen molar-refractivity contribution >= 4 is 6.08 Å². The molecule has 0 radical (unpaired) electrons. The van der Waals surface area contributed by atoms with Crippen LogP contribution in [0.5, 0.6) is 0 Å². The molecular weight excluding hydrogens is 136 g/mol. The Morgan fingerprint density at radius 2 is 2.00 bits per heavy atom. The van der Waals surface area contributed by atoms with Gasteiger partial charge in [-0.2, -0.15) is 0 Å². The summed E-state index contributed by atoms with van der Waals surface area (Å²) in [4.78, 5) is 0. The van der Waals surface area contributed by atoms with Gasteiger partial charge < -0.3 is 4.74 Å². The number of ether oxygens (including phenoxy) is 1. The van der Waals surface area contributed by atoms with Gasteiger partial charge in [0.25, 0.3) is 0 Å². The van der Waals surface area contributed by atoms with Crippen molar-refractivity contribution in [2.75, 3.05) is 7.11 Å². The molecule has 0 heterocycles. The van der Waals surface area contributed by atoms with Crippen LogP contribution in [0.4, 0.5) is 0 Å². The number of rotatable bonds is 2. The van der Waals surface area contributed by atoms with Crippen LogP contribution in [0.2, 0.25) is 0 Å². The quantitative estimate of drug-likeness (QED) is 0.586. The van der Waals surface area contributed by atoms with Crippen molar-refractivity contribution in [3.05, 3.63) is 41.7 Å². The average Bonchev–Trinajstić information content (AvgIpc) is 2.03. The van der Waals surface area contributed by atoms with Crippen LogP contribution in [0.15, 0.2) is 30.5 Å². The van der Waals surface area contributed by atoms with E-state index in [2.05, 4.69) is 19.1 Å². The van der Waals surface area contributed by atoms with Crippen LogP contribution in [0.1, 0.15) is 11.1 Å². The highest BCUT2D eigenvalue weighted by Gasteiger charge is 1.89. The molecule has 58 valence electrons. The van der Waals surface area contributed by atoms with E-state index in [0.29, 0.717) is 0 Å². The van der Waals surface area contributed by atoms with E-state index < -0.39 is 0 Å². The van der Waals surface area contributed by atoms with Gasteiger partial charge in [-0.25, -0.2) is 0 Å². The predicted octanol–water partition coefficient (Wildman–Crippen LogP) is 2.61. The summed E-state index contributed by atoms with van der Waals surface area (Å²) in [6.45, 7) is 2.08. The molecule has 0 saturated heterocycles. The third-order valence-electron chi connectivity index (χ3n) is 1.57. The van der Waals surface area contributed by atoms with E-state index in [1.54, 1.807) is 13.4 Å². The van der Waals surface area contributed by atoms with Crippen molar-refractivity contribution in [2.24, 2.45) is 0 Å². The summed E-state index contributed by atoms with van der Waals surface area (Å²) < 4.78 is 4.82. The smallest absolute Gasteiger partial charge is 0.0830 e. The van der Waals surface area contributed by atoms with Gasteiger partial charge in [0.15, 0.2) is 0 Å². The Balaban J connectivity index is 2.86. The minimum Gasteiger partial charge on any atom is -0.504 e. The lowest BCUT2D eigenvalue weighted by atomic mass is 10.1. The second-order valence-corrected chi connectivity index (χ2v) is 2.40. The zero-order valence-electron chi connectivity index (χ0n) is 6.87. The molecule has 0 aromatic heterocycles. The molecule has 0 amide bonds. The first-order valence-corrected chi connectivity index (χ1v) is 3.59. The molecule has 0 unspecified atom stereocenters. The Hall–Kier alpha value is -1.24. The van der Waals surface area contributed by atoms with E-state index in [1.165, 1.54) is 11.1 Å².